The normalized spacial score (nSPS) is 26.0. The third-order valence-corrected chi connectivity index (χ3v) is 5.16. The number of fused-ring (bicyclic) bond motifs is 1. The summed E-state index contributed by atoms with van der Waals surface area (Å²) in [7, 11) is 0. The third-order valence-electron chi connectivity index (χ3n) is 4.06. The largest absolute Gasteiger partial charge is 0.388 e. The number of nitrogens with zero attached hydrogens (tertiary/aromatic N) is 4. The molecule has 2 heterocycles. The predicted molar refractivity (Wildman–Crippen MR) is 92.3 cm³/mol. The van der Waals surface area contributed by atoms with Crippen molar-refractivity contribution in [3.63, 3.8) is 0 Å². The summed E-state index contributed by atoms with van der Waals surface area (Å²) < 4.78 is 6.97. The molecule has 132 valence electrons. The lowest BCUT2D eigenvalue weighted by Gasteiger charge is -2.19. The van der Waals surface area contributed by atoms with Crippen LogP contribution in [0.4, 0.5) is 0 Å². The molecule has 11 heteroatoms. The molecule has 1 fully saturated rings. The Bertz CT molecular complexity index is 896. The second kappa shape index (κ2) is 7.01. The maximum Gasteiger partial charge on any atom is 0.164 e. The van der Waals surface area contributed by atoms with Crippen molar-refractivity contribution in [3.05, 3.63) is 43.3 Å². The molecular weight excluding hydrogens is 395 g/mol. The van der Waals surface area contributed by atoms with E-state index >= 15 is 0 Å². The van der Waals surface area contributed by atoms with Gasteiger partial charge in [-0.05, 0) is 17.7 Å². The zero-order chi connectivity index (χ0) is 18.3. The van der Waals surface area contributed by atoms with Gasteiger partial charge in [-0.2, -0.15) is 0 Å². The van der Waals surface area contributed by atoms with Crippen molar-refractivity contribution < 1.29 is 19.7 Å². The maximum atomic E-state index is 11.4. The molecule has 2 N–H and O–H groups in total. The highest BCUT2D eigenvalue weighted by Gasteiger charge is 2.44. The summed E-state index contributed by atoms with van der Waals surface area (Å²) in [6, 6.07) is 2.97. The van der Waals surface area contributed by atoms with Gasteiger partial charge in [0.1, 0.15) is 17.4 Å². The van der Waals surface area contributed by atoms with E-state index in [4.69, 9.17) is 45.1 Å². The van der Waals surface area contributed by atoms with Crippen LogP contribution in [0.1, 0.15) is 16.6 Å². The van der Waals surface area contributed by atoms with E-state index < -0.39 is 24.5 Å². The zero-order valence-corrected chi connectivity index (χ0v) is 14.7. The van der Waals surface area contributed by atoms with Crippen LogP contribution in [-0.4, -0.2) is 45.9 Å². The second-order valence-corrected chi connectivity index (χ2v) is 6.61. The smallest absolute Gasteiger partial charge is 0.164 e. The highest BCUT2D eigenvalue weighted by atomic mass is 35.5. The van der Waals surface area contributed by atoms with Crippen molar-refractivity contribution in [3.8, 4) is 0 Å². The second-order valence-electron chi connectivity index (χ2n) is 5.44. The molecule has 0 radical (unpaired) electrons. The zero-order valence-electron chi connectivity index (χ0n) is 12.4. The van der Waals surface area contributed by atoms with Gasteiger partial charge in [0.05, 0.1) is 33.8 Å². The van der Waals surface area contributed by atoms with Gasteiger partial charge in [0.2, 0.25) is 0 Å². The van der Waals surface area contributed by atoms with E-state index in [1.165, 1.54) is 16.7 Å². The van der Waals surface area contributed by atoms with Crippen LogP contribution in [0, 0.1) is 0 Å². The van der Waals surface area contributed by atoms with Gasteiger partial charge in [0.15, 0.2) is 12.5 Å². The number of aliphatic hydroxyl groups excluding tert-OH is 2. The Hall–Kier alpha value is -1.51. The third kappa shape index (κ3) is 2.96. The molecule has 1 aromatic carbocycles. The van der Waals surface area contributed by atoms with Crippen molar-refractivity contribution >= 4 is 52.0 Å². The molecule has 8 nitrogen and oxygen atoms in total. The number of halogens is 3. The van der Waals surface area contributed by atoms with Gasteiger partial charge >= 0.3 is 0 Å². The monoisotopic (exact) mass is 404 g/mol. The van der Waals surface area contributed by atoms with Crippen LogP contribution in [-0.2, 0) is 4.74 Å². The molecule has 1 saturated heterocycles. The van der Waals surface area contributed by atoms with E-state index in [-0.39, 0.29) is 27.3 Å². The first kappa shape index (κ1) is 18.3. The topological polar surface area (TPSA) is 120 Å². The molecule has 3 rings (SSSR count). The van der Waals surface area contributed by atoms with Crippen LogP contribution in [0.5, 0.6) is 0 Å². The van der Waals surface area contributed by atoms with Crippen LogP contribution in [0.3, 0.4) is 0 Å². The highest BCUT2D eigenvalue weighted by Crippen LogP contribution is 2.40. The van der Waals surface area contributed by atoms with E-state index in [9.17, 15) is 15.0 Å². The fourth-order valence-corrected chi connectivity index (χ4v) is 3.52. The molecule has 1 aliphatic rings. The summed E-state index contributed by atoms with van der Waals surface area (Å²) in [4.78, 5) is 14.0. The minimum absolute atomic E-state index is 0.00372. The standard InChI is InChI=1S/C14H11Cl3N4O4/c15-7-1-5-6(4-22)13(17)21(9(5)2-8(7)16)14-12(24)11(23)10(25-14)3-19-20-18/h1-2,4,10-12,14,23-24H,3H2/t10-,11-,12-,14-/m1/s1. The Kier molecular flexibility index (Phi) is 5.13. The molecule has 1 aliphatic heterocycles. The van der Waals surface area contributed by atoms with Gasteiger partial charge in [-0.25, -0.2) is 0 Å². The van der Waals surface area contributed by atoms with E-state index in [1.807, 2.05) is 0 Å². The molecule has 0 unspecified atom stereocenters. The molecule has 2 aromatic rings. The Morgan fingerprint density at radius 2 is 1.96 bits per heavy atom. The lowest BCUT2D eigenvalue weighted by Crippen LogP contribution is -2.32. The van der Waals surface area contributed by atoms with E-state index in [2.05, 4.69) is 10.0 Å². The number of hydrogen-bond acceptors (Lipinski definition) is 5. The number of aliphatic hydroxyl groups is 2. The first-order valence-corrected chi connectivity index (χ1v) is 8.20. The Morgan fingerprint density at radius 3 is 2.60 bits per heavy atom. The average molecular weight is 406 g/mol. The quantitative estimate of drug-likeness (QED) is 0.351. The van der Waals surface area contributed by atoms with Gasteiger partial charge in [0, 0.05) is 10.3 Å². The predicted octanol–water partition coefficient (Wildman–Crippen LogP) is 3.34. The molecule has 1 aromatic heterocycles. The van der Waals surface area contributed by atoms with Crippen LogP contribution in [0.2, 0.25) is 15.2 Å². The number of aromatic nitrogens is 1. The Balaban J connectivity index is 2.15. The number of carbonyl (C=O) groups excluding carboxylic acids is 1. The summed E-state index contributed by atoms with van der Waals surface area (Å²) in [5.74, 6) is 0. The number of ether oxygens (including phenoxy) is 1. The van der Waals surface area contributed by atoms with Crippen LogP contribution >= 0.6 is 34.8 Å². The minimum atomic E-state index is -1.36. The van der Waals surface area contributed by atoms with E-state index in [0.29, 0.717) is 17.2 Å². The lowest BCUT2D eigenvalue weighted by molar-refractivity contribution is -0.0313. The van der Waals surface area contributed by atoms with Crippen molar-refractivity contribution in [1.82, 2.24) is 4.57 Å². The maximum absolute atomic E-state index is 11.4. The van der Waals surface area contributed by atoms with Crippen LogP contribution in [0.15, 0.2) is 17.2 Å². The SMILES string of the molecule is [N-]=[N+]=NC[C@H]1O[C@@H](n2c(Cl)c(C=O)c3cc(Cl)c(Cl)cc32)[C@H](O)[C@@H]1O. The number of azide groups is 1. The molecule has 25 heavy (non-hydrogen) atoms. The van der Waals surface area contributed by atoms with Crippen molar-refractivity contribution in [2.75, 3.05) is 6.54 Å². The number of carbonyl (C=O) groups is 1. The van der Waals surface area contributed by atoms with Crippen LogP contribution < -0.4 is 0 Å². The van der Waals surface area contributed by atoms with E-state index in [1.54, 1.807) is 0 Å². The molecule has 4 atom stereocenters. The van der Waals surface area contributed by atoms with Gasteiger partial charge in [-0.1, -0.05) is 39.9 Å². The molecule has 0 aliphatic carbocycles. The summed E-state index contributed by atoms with van der Waals surface area (Å²) in [5.41, 5.74) is 8.96. The number of hydrogen-bond donors (Lipinski definition) is 2. The number of rotatable bonds is 4. The van der Waals surface area contributed by atoms with E-state index in [0.717, 1.165) is 0 Å². The Morgan fingerprint density at radius 1 is 1.28 bits per heavy atom. The van der Waals surface area contributed by atoms with Gasteiger partial charge in [-0.3, -0.25) is 4.79 Å². The molecular formula is C14H11Cl3N4O4. The Labute approximate surface area is 156 Å². The van der Waals surface area contributed by atoms with Gasteiger partial charge in [-0.15, -0.1) is 0 Å². The summed E-state index contributed by atoms with van der Waals surface area (Å²) in [5, 5.41) is 24.7. The van der Waals surface area contributed by atoms with Crippen molar-refractivity contribution in [2.24, 2.45) is 5.11 Å². The highest BCUT2D eigenvalue weighted by molar-refractivity contribution is 6.43. The number of benzene rings is 1. The molecule has 0 spiro atoms. The first-order chi connectivity index (χ1) is 11.9. The number of aldehydes is 1. The average Bonchev–Trinajstić information content (AvgIpc) is 3.00. The fourth-order valence-electron chi connectivity index (χ4n) is 2.87. The van der Waals surface area contributed by atoms with Gasteiger partial charge in [0.25, 0.3) is 0 Å². The van der Waals surface area contributed by atoms with Crippen molar-refractivity contribution in [2.45, 2.75) is 24.5 Å². The lowest BCUT2D eigenvalue weighted by atomic mass is 10.1. The first-order valence-electron chi connectivity index (χ1n) is 7.06. The summed E-state index contributed by atoms with van der Waals surface area (Å²) in [6.45, 7) is -0.171. The fraction of sp³-hybridized carbons (Fsp3) is 0.357. The molecule has 0 saturated carbocycles. The molecule has 0 amide bonds. The van der Waals surface area contributed by atoms with Gasteiger partial charge < -0.3 is 19.5 Å². The minimum Gasteiger partial charge on any atom is -0.388 e. The summed E-state index contributed by atoms with van der Waals surface area (Å²) >= 11 is 18.3. The molecule has 0 bridgehead atoms. The summed E-state index contributed by atoms with van der Waals surface area (Å²) in [6.07, 6.45) is -4.13. The van der Waals surface area contributed by atoms with Crippen molar-refractivity contribution in [1.29, 1.82) is 0 Å². The van der Waals surface area contributed by atoms with Crippen LogP contribution in [0.25, 0.3) is 21.3 Å².